The van der Waals surface area contributed by atoms with Gasteiger partial charge in [0, 0.05) is 6.04 Å². The Hall–Kier alpha value is -0.860. The molecule has 1 atom stereocenters. The first-order valence-corrected chi connectivity index (χ1v) is 7.28. The van der Waals surface area contributed by atoms with Gasteiger partial charge in [0.15, 0.2) is 0 Å². The van der Waals surface area contributed by atoms with Crippen LogP contribution in [0.3, 0.4) is 0 Å². The molecule has 1 heterocycles. The van der Waals surface area contributed by atoms with E-state index in [4.69, 9.17) is 0 Å². The van der Waals surface area contributed by atoms with Crippen molar-refractivity contribution >= 4 is 0 Å². The van der Waals surface area contributed by atoms with E-state index in [0.717, 1.165) is 6.54 Å². The van der Waals surface area contributed by atoms with Crippen molar-refractivity contribution in [2.24, 2.45) is 0 Å². The van der Waals surface area contributed by atoms with Gasteiger partial charge in [0.25, 0.3) is 0 Å². The maximum Gasteiger partial charge on any atom is 0.0291 e. The summed E-state index contributed by atoms with van der Waals surface area (Å²) < 4.78 is 0. The Morgan fingerprint density at radius 2 is 1.83 bits per heavy atom. The molecule has 1 aromatic rings. The molecule has 0 amide bonds. The molecule has 0 saturated carbocycles. The van der Waals surface area contributed by atoms with Crippen LogP contribution in [0.25, 0.3) is 0 Å². The molecule has 100 valence electrons. The second kappa shape index (κ2) is 6.91. The summed E-state index contributed by atoms with van der Waals surface area (Å²) in [6.07, 6.45) is 4.05. The number of likely N-dealkylation sites (tertiary alicyclic amines) is 1. The van der Waals surface area contributed by atoms with Crippen molar-refractivity contribution in [1.82, 2.24) is 10.2 Å². The largest absolute Gasteiger partial charge is 0.310 e. The van der Waals surface area contributed by atoms with E-state index in [-0.39, 0.29) is 0 Å². The maximum atomic E-state index is 3.62. The lowest BCUT2D eigenvalue weighted by Gasteiger charge is -2.17. The van der Waals surface area contributed by atoms with Crippen molar-refractivity contribution < 1.29 is 0 Å². The van der Waals surface area contributed by atoms with Gasteiger partial charge < -0.3 is 10.2 Å². The zero-order valence-corrected chi connectivity index (χ0v) is 11.8. The molecule has 2 heteroatoms. The van der Waals surface area contributed by atoms with Crippen LogP contribution in [-0.2, 0) is 0 Å². The highest BCUT2D eigenvalue weighted by Gasteiger charge is 2.10. The molecular weight excluding hydrogens is 220 g/mol. The first-order valence-electron chi connectivity index (χ1n) is 7.28. The molecule has 0 unspecified atom stereocenters. The second-order valence-electron chi connectivity index (χ2n) is 5.49. The van der Waals surface area contributed by atoms with Gasteiger partial charge in [-0.3, -0.25) is 0 Å². The number of rotatable bonds is 6. The van der Waals surface area contributed by atoms with Gasteiger partial charge in [-0.1, -0.05) is 29.8 Å². The van der Waals surface area contributed by atoms with Crippen LogP contribution in [0.2, 0.25) is 0 Å². The summed E-state index contributed by atoms with van der Waals surface area (Å²) in [5.74, 6) is 0. The van der Waals surface area contributed by atoms with Gasteiger partial charge in [-0.15, -0.1) is 0 Å². The molecule has 1 fully saturated rings. The van der Waals surface area contributed by atoms with Crippen LogP contribution in [-0.4, -0.2) is 31.1 Å². The zero-order chi connectivity index (χ0) is 12.8. The molecule has 1 aliphatic rings. The van der Waals surface area contributed by atoms with Crippen LogP contribution >= 0.6 is 0 Å². The fraction of sp³-hybridized carbons (Fsp3) is 0.625. The molecule has 1 aliphatic heterocycles. The predicted molar refractivity (Wildman–Crippen MR) is 77.9 cm³/mol. The summed E-state index contributed by atoms with van der Waals surface area (Å²) in [4.78, 5) is 2.58. The molecule has 18 heavy (non-hydrogen) atoms. The topological polar surface area (TPSA) is 15.3 Å². The molecule has 1 saturated heterocycles. The summed E-state index contributed by atoms with van der Waals surface area (Å²) in [6, 6.07) is 9.31. The van der Waals surface area contributed by atoms with Crippen LogP contribution < -0.4 is 5.32 Å². The quantitative estimate of drug-likeness (QED) is 0.776. The summed E-state index contributed by atoms with van der Waals surface area (Å²) in [5, 5.41) is 3.62. The summed E-state index contributed by atoms with van der Waals surface area (Å²) in [5.41, 5.74) is 2.72. The van der Waals surface area contributed by atoms with Gasteiger partial charge in [-0.05, 0) is 64.9 Å². The SMILES string of the molecule is Cc1ccc([C@H](C)NCCCN2CCCC2)cc1. The molecule has 0 radical (unpaired) electrons. The number of nitrogens with zero attached hydrogens (tertiary/aromatic N) is 1. The fourth-order valence-electron chi connectivity index (χ4n) is 2.60. The Bertz CT molecular complexity index is 339. The lowest BCUT2D eigenvalue weighted by atomic mass is 10.1. The number of hydrogen-bond donors (Lipinski definition) is 1. The van der Waals surface area contributed by atoms with Gasteiger partial charge in [0.05, 0.1) is 0 Å². The Kier molecular flexibility index (Phi) is 5.21. The number of hydrogen-bond acceptors (Lipinski definition) is 2. The smallest absolute Gasteiger partial charge is 0.0291 e. The second-order valence-corrected chi connectivity index (χ2v) is 5.49. The van der Waals surface area contributed by atoms with Crippen LogP contribution in [0.4, 0.5) is 0 Å². The third-order valence-corrected chi connectivity index (χ3v) is 3.88. The normalized spacial score (nSPS) is 18.1. The minimum atomic E-state index is 0.462. The van der Waals surface area contributed by atoms with Crippen LogP contribution in [0.15, 0.2) is 24.3 Å². The molecule has 2 nitrogen and oxygen atoms in total. The minimum Gasteiger partial charge on any atom is -0.310 e. The van der Waals surface area contributed by atoms with Gasteiger partial charge >= 0.3 is 0 Å². The number of nitrogens with one attached hydrogen (secondary N) is 1. The molecular formula is C16H26N2. The zero-order valence-electron chi connectivity index (χ0n) is 11.8. The average Bonchev–Trinajstić information content (AvgIpc) is 2.88. The average molecular weight is 246 g/mol. The standard InChI is InChI=1S/C16H26N2/c1-14-6-8-16(9-7-14)15(2)17-10-5-13-18-11-3-4-12-18/h6-9,15,17H,3-5,10-13H2,1-2H3/t15-/m0/s1. The summed E-state index contributed by atoms with van der Waals surface area (Å²) in [7, 11) is 0. The van der Waals surface area contributed by atoms with Crippen LogP contribution in [0.1, 0.15) is 43.4 Å². The highest BCUT2D eigenvalue weighted by Crippen LogP contribution is 2.13. The molecule has 0 bridgehead atoms. The maximum absolute atomic E-state index is 3.62. The van der Waals surface area contributed by atoms with Crippen molar-refractivity contribution in [1.29, 1.82) is 0 Å². The van der Waals surface area contributed by atoms with E-state index in [1.807, 2.05) is 0 Å². The Morgan fingerprint density at radius 3 is 2.50 bits per heavy atom. The van der Waals surface area contributed by atoms with E-state index in [1.54, 1.807) is 0 Å². The molecule has 0 spiro atoms. The predicted octanol–water partition coefficient (Wildman–Crippen LogP) is 3.13. The summed E-state index contributed by atoms with van der Waals surface area (Å²) in [6.45, 7) is 9.39. The minimum absolute atomic E-state index is 0.462. The molecule has 1 aromatic carbocycles. The van der Waals surface area contributed by atoms with E-state index >= 15 is 0 Å². The van der Waals surface area contributed by atoms with Crippen LogP contribution in [0, 0.1) is 6.92 Å². The molecule has 0 aromatic heterocycles. The summed E-state index contributed by atoms with van der Waals surface area (Å²) >= 11 is 0. The fourth-order valence-corrected chi connectivity index (χ4v) is 2.60. The van der Waals surface area contributed by atoms with Crippen molar-refractivity contribution in [3.63, 3.8) is 0 Å². The van der Waals surface area contributed by atoms with E-state index in [2.05, 4.69) is 48.3 Å². The van der Waals surface area contributed by atoms with Gasteiger partial charge in [0.1, 0.15) is 0 Å². The van der Waals surface area contributed by atoms with Crippen molar-refractivity contribution in [3.8, 4) is 0 Å². The third kappa shape index (κ3) is 4.11. The molecule has 1 N–H and O–H groups in total. The monoisotopic (exact) mass is 246 g/mol. The van der Waals surface area contributed by atoms with Gasteiger partial charge in [-0.25, -0.2) is 0 Å². The van der Waals surface area contributed by atoms with Crippen LogP contribution in [0.5, 0.6) is 0 Å². The molecule has 0 aliphatic carbocycles. The lowest BCUT2D eigenvalue weighted by Crippen LogP contribution is -2.26. The Balaban J connectivity index is 1.64. The first-order chi connectivity index (χ1) is 8.75. The third-order valence-electron chi connectivity index (χ3n) is 3.88. The van der Waals surface area contributed by atoms with Gasteiger partial charge in [0.2, 0.25) is 0 Å². The highest BCUT2D eigenvalue weighted by molar-refractivity contribution is 5.23. The van der Waals surface area contributed by atoms with E-state index in [0.29, 0.717) is 6.04 Å². The van der Waals surface area contributed by atoms with E-state index in [1.165, 1.54) is 50.0 Å². The number of aryl methyl sites for hydroxylation is 1. The van der Waals surface area contributed by atoms with Crippen molar-refractivity contribution in [3.05, 3.63) is 35.4 Å². The first kappa shape index (κ1) is 13.6. The molecule has 2 rings (SSSR count). The van der Waals surface area contributed by atoms with Gasteiger partial charge in [-0.2, -0.15) is 0 Å². The number of benzene rings is 1. The Labute approximate surface area is 111 Å². The highest BCUT2D eigenvalue weighted by atomic mass is 15.1. The lowest BCUT2D eigenvalue weighted by molar-refractivity contribution is 0.328. The Morgan fingerprint density at radius 1 is 1.17 bits per heavy atom. The van der Waals surface area contributed by atoms with E-state index < -0.39 is 0 Å². The van der Waals surface area contributed by atoms with E-state index in [9.17, 15) is 0 Å². The van der Waals surface area contributed by atoms with Crippen molar-refractivity contribution in [2.45, 2.75) is 39.2 Å². The van der Waals surface area contributed by atoms with Crippen molar-refractivity contribution in [2.75, 3.05) is 26.2 Å².